The van der Waals surface area contributed by atoms with Gasteiger partial charge in [0.1, 0.15) is 11.3 Å². The van der Waals surface area contributed by atoms with E-state index < -0.39 is 0 Å². The molecule has 2 aromatic rings. The molecule has 5 nitrogen and oxygen atoms in total. The Kier molecular flexibility index (Phi) is 8.03. The van der Waals surface area contributed by atoms with Crippen molar-refractivity contribution in [2.75, 3.05) is 13.2 Å². The van der Waals surface area contributed by atoms with Crippen molar-refractivity contribution in [2.24, 2.45) is 11.7 Å². The van der Waals surface area contributed by atoms with E-state index in [2.05, 4.69) is 10.3 Å². The second kappa shape index (κ2) is 9.28. The van der Waals surface area contributed by atoms with Gasteiger partial charge in [-0.3, -0.25) is 9.78 Å². The first-order chi connectivity index (χ1) is 10.7. The van der Waals surface area contributed by atoms with Crippen molar-refractivity contribution in [3.63, 3.8) is 0 Å². The molecule has 3 N–H and O–H groups in total. The number of hydrogen-bond acceptors (Lipinski definition) is 4. The van der Waals surface area contributed by atoms with E-state index in [9.17, 15) is 4.79 Å². The molecule has 1 unspecified atom stereocenters. The molecule has 24 heavy (non-hydrogen) atoms. The Bertz CT molecular complexity index is 695. The summed E-state index contributed by atoms with van der Waals surface area (Å²) in [6.07, 6.45) is 3.94. The van der Waals surface area contributed by atoms with Crippen LogP contribution < -0.4 is 15.8 Å². The summed E-state index contributed by atoms with van der Waals surface area (Å²) in [5.74, 6) is 0.902. The van der Waals surface area contributed by atoms with Gasteiger partial charge in [-0.1, -0.05) is 11.6 Å². The SMILES string of the molecule is Cl.Cl.NCC(NC(=O)COc1ccc(Cl)c2cccnc12)C1CC1. The van der Waals surface area contributed by atoms with Crippen LogP contribution in [-0.2, 0) is 4.79 Å². The maximum atomic E-state index is 12.0. The third kappa shape index (κ3) is 4.86. The first-order valence-corrected chi connectivity index (χ1v) is 7.72. The second-order valence-corrected chi connectivity index (χ2v) is 5.89. The van der Waals surface area contributed by atoms with E-state index in [1.165, 1.54) is 0 Å². The largest absolute Gasteiger partial charge is 0.481 e. The van der Waals surface area contributed by atoms with Crippen LogP contribution in [0.1, 0.15) is 12.8 Å². The molecule has 1 aliphatic carbocycles. The molecular weight excluding hydrogens is 373 g/mol. The fourth-order valence-corrected chi connectivity index (χ4v) is 2.70. The highest BCUT2D eigenvalue weighted by Gasteiger charge is 2.31. The van der Waals surface area contributed by atoms with Crippen molar-refractivity contribution in [1.29, 1.82) is 0 Å². The highest BCUT2D eigenvalue weighted by molar-refractivity contribution is 6.35. The first-order valence-electron chi connectivity index (χ1n) is 7.34. The van der Waals surface area contributed by atoms with Gasteiger partial charge in [-0.25, -0.2) is 0 Å². The molecule has 0 aliphatic heterocycles. The van der Waals surface area contributed by atoms with Gasteiger partial charge >= 0.3 is 0 Å². The van der Waals surface area contributed by atoms with Gasteiger partial charge in [0.25, 0.3) is 5.91 Å². The number of rotatable bonds is 6. The predicted molar refractivity (Wildman–Crippen MR) is 100 cm³/mol. The van der Waals surface area contributed by atoms with Crippen LogP contribution in [0, 0.1) is 5.92 Å². The quantitative estimate of drug-likeness (QED) is 0.792. The van der Waals surface area contributed by atoms with Crippen molar-refractivity contribution < 1.29 is 9.53 Å². The molecule has 0 radical (unpaired) electrons. The predicted octanol–water partition coefficient (Wildman–Crippen LogP) is 2.96. The van der Waals surface area contributed by atoms with Crippen molar-refractivity contribution in [3.05, 3.63) is 35.5 Å². The van der Waals surface area contributed by atoms with Crippen molar-refractivity contribution in [1.82, 2.24) is 10.3 Å². The zero-order chi connectivity index (χ0) is 15.5. The van der Waals surface area contributed by atoms with Crippen LogP contribution >= 0.6 is 36.4 Å². The third-order valence-corrected chi connectivity index (χ3v) is 4.16. The lowest BCUT2D eigenvalue weighted by atomic mass is 10.2. The standard InChI is InChI=1S/C16H18ClN3O2.2ClH/c17-12-5-6-14(16-11(12)2-1-7-19-16)22-9-15(21)20-13(8-18)10-3-4-10;;/h1-2,5-7,10,13H,3-4,8-9,18H2,(H,20,21);2*1H. The van der Waals surface area contributed by atoms with Crippen LogP contribution in [0.5, 0.6) is 5.75 Å². The minimum absolute atomic E-state index is 0. The number of carbonyl (C=O) groups is 1. The van der Waals surface area contributed by atoms with E-state index in [1.807, 2.05) is 12.1 Å². The Hall–Kier alpha value is -1.27. The number of aromatic nitrogens is 1. The van der Waals surface area contributed by atoms with Gasteiger partial charge in [0, 0.05) is 24.2 Å². The molecule has 1 aliphatic rings. The lowest BCUT2D eigenvalue weighted by Gasteiger charge is -2.16. The number of nitrogens with two attached hydrogens (primary N) is 1. The van der Waals surface area contributed by atoms with Crippen LogP contribution in [0.4, 0.5) is 0 Å². The summed E-state index contributed by atoms with van der Waals surface area (Å²) in [6, 6.07) is 7.20. The summed E-state index contributed by atoms with van der Waals surface area (Å²) in [7, 11) is 0. The van der Waals surface area contributed by atoms with Crippen molar-refractivity contribution in [3.8, 4) is 5.75 Å². The molecule has 3 rings (SSSR count). The van der Waals surface area contributed by atoms with Gasteiger partial charge in [0.05, 0.1) is 5.02 Å². The first kappa shape index (κ1) is 20.8. The number of halogens is 3. The van der Waals surface area contributed by atoms with Crippen LogP contribution in [0.25, 0.3) is 10.9 Å². The maximum absolute atomic E-state index is 12.0. The topological polar surface area (TPSA) is 77.2 Å². The minimum Gasteiger partial charge on any atom is -0.481 e. The number of carbonyl (C=O) groups excluding carboxylic acids is 1. The molecule has 1 amide bonds. The number of nitrogens with zero attached hydrogens (tertiary/aromatic N) is 1. The number of nitrogens with one attached hydrogen (secondary N) is 1. The maximum Gasteiger partial charge on any atom is 0.258 e. The van der Waals surface area contributed by atoms with E-state index in [4.69, 9.17) is 22.1 Å². The van der Waals surface area contributed by atoms with Gasteiger partial charge in [-0.15, -0.1) is 24.8 Å². The van der Waals surface area contributed by atoms with Crippen molar-refractivity contribution >= 4 is 53.2 Å². The fourth-order valence-electron chi connectivity index (χ4n) is 2.49. The van der Waals surface area contributed by atoms with Crippen molar-refractivity contribution in [2.45, 2.75) is 18.9 Å². The molecule has 0 bridgehead atoms. The molecule has 1 aromatic carbocycles. The molecule has 8 heteroatoms. The molecule has 0 spiro atoms. The van der Waals surface area contributed by atoms with Crippen LogP contribution in [0.3, 0.4) is 0 Å². The monoisotopic (exact) mass is 391 g/mol. The normalized spacial score (nSPS) is 14.2. The Morgan fingerprint density at radius 1 is 1.38 bits per heavy atom. The zero-order valence-corrected chi connectivity index (χ0v) is 15.3. The molecule has 1 atom stereocenters. The lowest BCUT2D eigenvalue weighted by molar-refractivity contribution is -0.123. The minimum atomic E-state index is -0.165. The number of ether oxygens (including phenoxy) is 1. The van der Waals surface area contributed by atoms with E-state index in [0.29, 0.717) is 28.8 Å². The van der Waals surface area contributed by atoms with Gasteiger partial charge < -0.3 is 15.8 Å². The molecule has 1 fully saturated rings. The molecular formula is C16H20Cl3N3O2. The van der Waals surface area contributed by atoms with Crippen LogP contribution in [0.15, 0.2) is 30.5 Å². The Morgan fingerprint density at radius 2 is 2.12 bits per heavy atom. The Labute approximate surface area is 158 Å². The van der Waals surface area contributed by atoms with Gasteiger partial charge in [0.2, 0.25) is 0 Å². The molecule has 132 valence electrons. The Morgan fingerprint density at radius 3 is 2.79 bits per heavy atom. The average molecular weight is 393 g/mol. The second-order valence-electron chi connectivity index (χ2n) is 5.48. The van der Waals surface area contributed by atoms with E-state index in [0.717, 1.165) is 18.2 Å². The van der Waals surface area contributed by atoms with Gasteiger partial charge in [-0.2, -0.15) is 0 Å². The highest BCUT2D eigenvalue weighted by atomic mass is 35.5. The molecule has 1 aromatic heterocycles. The number of benzene rings is 1. The number of hydrogen-bond donors (Lipinski definition) is 2. The van der Waals surface area contributed by atoms with E-state index >= 15 is 0 Å². The van der Waals surface area contributed by atoms with Crippen LogP contribution in [-0.4, -0.2) is 30.1 Å². The number of pyridine rings is 1. The number of fused-ring (bicyclic) bond motifs is 1. The molecule has 1 saturated carbocycles. The fraction of sp³-hybridized carbons (Fsp3) is 0.375. The van der Waals surface area contributed by atoms with Gasteiger partial charge in [0.15, 0.2) is 6.61 Å². The van der Waals surface area contributed by atoms with Crippen LogP contribution in [0.2, 0.25) is 5.02 Å². The third-order valence-electron chi connectivity index (χ3n) is 3.83. The molecule has 1 heterocycles. The number of amides is 1. The lowest BCUT2D eigenvalue weighted by Crippen LogP contribution is -2.43. The summed E-state index contributed by atoms with van der Waals surface area (Å²) in [5.41, 5.74) is 6.33. The van der Waals surface area contributed by atoms with E-state index in [-0.39, 0.29) is 43.4 Å². The van der Waals surface area contributed by atoms with Gasteiger partial charge in [-0.05, 0) is 43.0 Å². The summed E-state index contributed by atoms with van der Waals surface area (Å²) in [6.45, 7) is 0.401. The van der Waals surface area contributed by atoms with E-state index in [1.54, 1.807) is 18.3 Å². The summed E-state index contributed by atoms with van der Waals surface area (Å²) in [5, 5.41) is 4.34. The summed E-state index contributed by atoms with van der Waals surface area (Å²) >= 11 is 6.13. The highest BCUT2D eigenvalue weighted by Crippen LogP contribution is 2.32. The molecule has 0 saturated heterocycles. The smallest absolute Gasteiger partial charge is 0.258 e. The summed E-state index contributed by atoms with van der Waals surface area (Å²) < 4.78 is 5.61. The summed E-state index contributed by atoms with van der Waals surface area (Å²) in [4.78, 5) is 16.3. The Balaban J connectivity index is 0.00000144. The average Bonchev–Trinajstić information content (AvgIpc) is 3.37. The zero-order valence-electron chi connectivity index (χ0n) is 12.9.